The van der Waals surface area contributed by atoms with E-state index in [1.165, 1.54) is 25.7 Å². The van der Waals surface area contributed by atoms with Crippen molar-refractivity contribution in [3.63, 3.8) is 0 Å². The van der Waals surface area contributed by atoms with Crippen LogP contribution in [0.4, 0.5) is 0 Å². The fourth-order valence-corrected chi connectivity index (χ4v) is 2.24. The summed E-state index contributed by atoms with van der Waals surface area (Å²) in [6.07, 6.45) is 6.14. The van der Waals surface area contributed by atoms with Crippen molar-refractivity contribution in [3.8, 4) is 0 Å². The number of aliphatic hydroxyl groups is 1. The molecule has 0 spiro atoms. The topological polar surface area (TPSA) is 20.2 Å². The van der Waals surface area contributed by atoms with Gasteiger partial charge >= 0.3 is 76.3 Å². The summed E-state index contributed by atoms with van der Waals surface area (Å²) in [4.78, 5) is 0. The number of hydrogen-bond donors (Lipinski definition) is 1. The molecule has 0 aromatic carbocycles. The molecule has 0 heterocycles. The molecule has 1 atom stereocenters. The molecule has 1 nitrogen and oxygen atoms in total. The summed E-state index contributed by atoms with van der Waals surface area (Å²) < 4.78 is 0. The van der Waals surface area contributed by atoms with E-state index in [9.17, 15) is 5.11 Å². The van der Waals surface area contributed by atoms with E-state index in [1.54, 1.807) is 0 Å². The Kier molecular flexibility index (Phi) is 8.95. The molecule has 2 heteroatoms. The molecule has 0 aromatic heterocycles. The predicted molar refractivity (Wildman–Crippen MR) is 51.2 cm³/mol. The van der Waals surface area contributed by atoms with Crippen molar-refractivity contribution in [2.24, 2.45) is 0 Å². The van der Waals surface area contributed by atoms with E-state index in [0.29, 0.717) is 15.0 Å². The summed E-state index contributed by atoms with van der Waals surface area (Å²) in [7, 11) is 0. The Morgan fingerprint density at radius 1 is 1.27 bits per heavy atom. The van der Waals surface area contributed by atoms with Crippen LogP contribution in [0.25, 0.3) is 0 Å². The second kappa shape index (κ2) is 8.57. The summed E-state index contributed by atoms with van der Waals surface area (Å²) in [6, 6.07) is 0. The number of rotatable bonds is 7. The van der Waals surface area contributed by atoms with E-state index < -0.39 is 0 Å². The zero-order valence-corrected chi connectivity index (χ0v) is 9.39. The molecule has 1 unspecified atom stereocenters. The van der Waals surface area contributed by atoms with Gasteiger partial charge in [-0.1, -0.05) is 0 Å². The van der Waals surface area contributed by atoms with Crippen molar-refractivity contribution in [1.29, 1.82) is 0 Å². The molecule has 0 radical (unpaired) electrons. The minimum atomic E-state index is -0.00291. The van der Waals surface area contributed by atoms with Gasteiger partial charge in [0.2, 0.25) is 0 Å². The van der Waals surface area contributed by atoms with Gasteiger partial charge < -0.3 is 0 Å². The van der Waals surface area contributed by atoms with Gasteiger partial charge in [-0.25, -0.2) is 0 Å². The standard InChI is InChI=1S/C9H20OSe/c1-3-4-5-6-7-9(10)8-11-2/h9-10H,3-8H2,1-2H3. The Morgan fingerprint density at radius 3 is 2.55 bits per heavy atom. The fourth-order valence-electron chi connectivity index (χ4n) is 1.08. The molecule has 0 amide bonds. The number of aliphatic hydroxyl groups excluding tert-OH is 1. The van der Waals surface area contributed by atoms with Crippen molar-refractivity contribution in [1.82, 2.24) is 0 Å². The molecule has 0 saturated heterocycles. The summed E-state index contributed by atoms with van der Waals surface area (Å²) in [5, 5.41) is 10.4. The first kappa shape index (κ1) is 11.5. The van der Waals surface area contributed by atoms with Crippen LogP contribution in [-0.4, -0.2) is 26.2 Å². The molecule has 0 bridgehead atoms. The van der Waals surface area contributed by atoms with Gasteiger partial charge in [0.15, 0.2) is 0 Å². The molecular weight excluding hydrogens is 203 g/mol. The Hall–Kier alpha value is 0.479. The van der Waals surface area contributed by atoms with Gasteiger partial charge in [-0.3, -0.25) is 0 Å². The van der Waals surface area contributed by atoms with Crippen molar-refractivity contribution in [3.05, 3.63) is 0 Å². The second-order valence-electron chi connectivity index (χ2n) is 2.96. The molecule has 0 rings (SSSR count). The van der Waals surface area contributed by atoms with Crippen LogP contribution in [-0.2, 0) is 0 Å². The van der Waals surface area contributed by atoms with Crippen LogP contribution in [0.2, 0.25) is 11.1 Å². The van der Waals surface area contributed by atoms with E-state index in [4.69, 9.17) is 0 Å². The van der Waals surface area contributed by atoms with E-state index in [-0.39, 0.29) is 6.10 Å². The summed E-state index contributed by atoms with van der Waals surface area (Å²) in [6.45, 7) is 2.21. The van der Waals surface area contributed by atoms with Crippen molar-refractivity contribution < 1.29 is 5.11 Å². The zero-order valence-electron chi connectivity index (χ0n) is 7.68. The fraction of sp³-hybridized carbons (Fsp3) is 1.00. The van der Waals surface area contributed by atoms with Crippen LogP contribution in [0.3, 0.4) is 0 Å². The third-order valence-corrected chi connectivity index (χ3v) is 3.26. The van der Waals surface area contributed by atoms with Gasteiger partial charge in [-0.15, -0.1) is 0 Å². The van der Waals surface area contributed by atoms with Gasteiger partial charge in [0.05, 0.1) is 0 Å². The van der Waals surface area contributed by atoms with E-state index in [2.05, 4.69) is 12.7 Å². The van der Waals surface area contributed by atoms with Crippen LogP contribution in [0, 0.1) is 0 Å². The Labute approximate surface area is 76.7 Å². The van der Waals surface area contributed by atoms with Gasteiger partial charge in [0.1, 0.15) is 0 Å². The first-order valence-corrected chi connectivity index (χ1v) is 7.40. The number of hydrogen-bond acceptors (Lipinski definition) is 1. The Bertz CT molecular complexity index is 76.0. The van der Waals surface area contributed by atoms with Crippen molar-refractivity contribution in [2.45, 2.75) is 56.3 Å². The quantitative estimate of drug-likeness (QED) is 0.519. The SMILES string of the molecule is CCCCCCC(O)C[Se]C. The van der Waals surface area contributed by atoms with E-state index >= 15 is 0 Å². The van der Waals surface area contributed by atoms with E-state index in [0.717, 1.165) is 11.7 Å². The average molecular weight is 223 g/mol. The average Bonchev–Trinajstić information content (AvgIpc) is 1.99. The summed E-state index contributed by atoms with van der Waals surface area (Å²) in [5.41, 5.74) is 0. The molecule has 0 aromatic rings. The maximum atomic E-state index is 9.36. The van der Waals surface area contributed by atoms with Gasteiger partial charge in [-0.05, 0) is 0 Å². The third kappa shape index (κ3) is 8.39. The molecule has 1 N–H and O–H groups in total. The molecule has 0 aliphatic carbocycles. The minimum absolute atomic E-state index is 0.00291. The molecular formula is C9H20OSe. The Morgan fingerprint density at radius 2 is 2.00 bits per heavy atom. The zero-order chi connectivity index (χ0) is 8.53. The molecule has 11 heavy (non-hydrogen) atoms. The van der Waals surface area contributed by atoms with Crippen LogP contribution in [0.1, 0.15) is 39.0 Å². The summed E-state index contributed by atoms with van der Waals surface area (Å²) >= 11 is 0.643. The second-order valence-corrected chi connectivity index (χ2v) is 4.87. The van der Waals surface area contributed by atoms with Crippen molar-refractivity contribution in [2.75, 3.05) is 0 Å². The van der Waals surface area contributed by atoms with Gasteiger partial charge in [-0.2, -0.15) is 0 Å². The van der Waals surface area contributed by atoms with Gasteiger partial charge in [0, 0.05) is 0 Å². The first-order valence-electron chi connectivity index (χ1n) is 4.48. The first-order chi connectivity index (χ1) is 5.31. The van der Waals surface area contributed by atoms with Crippen LogP contribution >= 0.6 is 0 Å². The molecule has 0 saturated carbocycles. The monoisotopic (exact) mass is 224 g/mol. The normalized spacial score (nSPS) is 13.4. The third-order valence-electron chi connectivity index (χ3n) is 1.75. The Balaban J connectivity index is 2.97. The molecule has 0 aliphatic rings. The molecule has 0 fully saturated rings. The molecule has 68 valence electrons. The van der Waals surface area contributed by atoms with Crippen LogP contribution in [0.15, 0.2) is 0 Å². The number of unbranched alkanes of at least 4 members (excludes halogenated alkanes) is 3. The van der Waals surface area contributed by atoms with Crippen LogP contribution in [0.5, 0.6) is 0 Å². The predicted octanol–water partition coefficient (Wildman–Crippen LogP) is 2.49. The maximum absolute atomic E-state index is 9.36. The van der Waals surface area contributed by atoms with Crippen molar-refractivity contribution >= 4 is 15.0 Å². The van der Waals surface area contributed by atoms with Crippen LogP contribution < -0.4 is 0 Å². The van der Waals surface area contributed by atoms with Gasteiger partial charge in [0.25, 0.3) is 0 Å². The van der Waals surface area contributed by atoms with E-state index in [1.807, 2.05) is 0 Å². The molecule has 0 aliphatic heterocycles. The summed E-state index contributed by atoms with van der Waals surface area (Å²) in [5.74, 6) is 2.18.